The van der Waals surface area contributed by atoms with Crippen LogP contribution in [0.1, 0.15) is 37.0 Å². The smallest absolute Gasteiger partial charge is 0.255 e. The third-order valence-corrected chi connectivity index (χ3v) is 5.14. The lowest BCUT2D eigenvalue weighted by Crippen LogP contribution is -2.20. The number of nitrogens with one attached hydrogen (secondary N) is 1. The van der Waals surface area contributed by atoms with E-state index in [4.69, 9.17) is 9.15 Å². The number of benzene rings is 2. The van der Waals surface area contributed by atoms with Gasteiger partial charge in [-0.2, -0.15) is 0 Å². The molecule has 6 heteroatoms. The highest BCUT2D eigenvalue weighted by Crippen LogP contribution is 2.41. The van der Waals surface area contributed by atoms with E-state index in [1.165, 1.54) is 12.1 Å². The number of carbonyl (C=O) groups is 1. The van der Waals surface area contributed by atoms with Gasteiger partial charge >= 0.3 is 0 Å². The summed E-state index contributed by atoms with van der Waals surface area (Å²) >= 11 is 0. The first kappa shape index (κ1) is 19.3. The molecule has 4 rings (SSSR count). The minimum absolute atomic E-state index is 0.000671. The van der Waals surface area contributed by atoms with Gasteiger partial charge in [-0.3, -0.25) is 4.79 Å². The first-order valence-corrected chi connectivity index (χ1v) is 9.98. The summed E-state index contributed by atoms with van der Waals surface area (Å²) in [5.41, 5.74) is 2.67. The van der Waals surface area contributed by atoms with Gasteiger partial charge in [-0.15, -0.1) is 0 Å². The Balaban J connectivity index is 1.94. The van der Waals surface area contributed by atoms with Gasteiger partial charge in [0.1, 0.15) is 22.9 Å². The Bertz CT molecular complexity index is 1030. The van der Waals surface area contributed by atoms with Crippen molar-refractivity contribution in [3.63, 3.8) is 0 Å². The summed E-state index contributed by atoms with van der Waals surface area (Å²) in [5.74, 6) is 0.571. The second-order valence-corrected chi connectivity index (χ2v) is 7.57. The van der Waals surface area contributed by atoms with E-state index in [2.05, 4.69) is 10.2 Å². The maximum Gasteiger partial charge on any atom is 0.255 e. The molecule has 152 valence electrons. The molecule has 3 aromatic rings. The van der Waals surface area contributed by atoms with Crippen LogP contribution in [-0.2, 0) is 0 Å². The number of furan rings is 1. The second kappa shape index (κ2) is 7.78. The molecule has 0 aliphatic carbocycles. The van der Waals surface area contributed by atoms with Crippen molar-refractivity contribution in [3.8, 4) is 17.1 Å². The van der Waals surface area contributed by atoms with Gasteiger partial charge in [0.05, 0.1) is 17.4 Å². The highest BCUT2D eigenvalue weighted by Gasteiger charge is 2.26. The Morgan fingerprint density at radius 2 is 1.86 bits per heavy atom. The lowest BCUT2D eigenvalue weighted by molar-refractivity contribution is 0.0964. The molecular weight excluding hydrogens is 371 g/mol. The third kappa shape index (κ3) is 3.67. The molecule has 1 fully saturated rings. The Morgan fingerprint density at radius 1 is 1.17 bits per heavy atom. The monoisotopic (exact) mass is 396 g/mol. The van der Waals surface area contributed by atoms with E-state index in [0.717, 1.165) is 37.4 Å². The van der Waals surface area contributed by atoms with E-state index in [1.54, 1.807) is 19.2 Å². The molecule has 2 heterocycles. The molecule has 5 nitrogen and oxygen atoms in total. The van der Waals surface area contributed by atoms with Gasteiger partial charge in [0, 0.05) is 37.2 Å². The molecule has 1 saturated heterocycles. The van der Waals surface area contributed by atoms with Crippen LogP contribution in [0, 0.1) is 5.82 Å². The van der Waals surface area contributed by atoms with E-state index in [-0.39, 0.29) is 17.8 Å². The summed E-state index contributed by atoms with van der Waals surface area (Å²) in [6.07, 6.45) is 2.28. The van der Waals surface area contributed by atoms with Crippen molar-refractivity contribution >= 4 is 22.6 Å². The number of anilines is 1. The number of hydrogen-bond acceptors (Lipinski definition) is 4. The quantitative estimate of drug-likeness (QED) is 0.660. The summed E-state index contributed by atoms with van der Waals surface area (Å²) in [4.78, 5) is 15.0. The first-order valence-electron chi connectivity index (χ1n) is 9.98. The van der Waals surface area contributed by atoms with Crippen LogP contribution < -0.4 is 15.0 Å². The van der Waals surface area contributed by atoms with Crippen LogP contribution >= 0.6 is 0 Å². The number of carbonyl (C=O) groups excluding carboxylic acids is 1. The fourth-order valence-corrected chi connectivity index (χ4v) is 3.82. The number of ether oxygens (including phenoxy) is 1. The molecular formula is C23H25FN2O3. The molecule has 29 heavy (non-hydrogen) atoms. The van der Waals surface area contributed by atoms with Gasteiger partial charge < -0.3 is 19.4 Å². The Kier molecular flexibility index (Phi) is 5.18. The Labute approximate surface area is 169 Å². The van der Waals surface area contributed by atoms with Crippen LogP contribution in [0.3, 0.4) is 0 Å². The predicted molar refractivity (Wildman–Crippen MR) is 112 cm³/mol. The summed E-state index contributed by atoms with van der Waals surface area (Å²) in [6, 6.07) is 9.80. The molecule has 0 spiro atoms. The zero-order valence-electron chi connectivity index (χ0n) is 16.9. The molecule has 1 aromatic heterocycles. The van der Waals surface area contributed by atoms with Crippen LogP contribution in [-0.4, -0.2) is 32.1 Å². The van der Waals surface area contributed by atoms with Crippen molar-refractivity contribution in [2.24, 2.45) is 0 Å². The van der Waals surface area contributed by atoms with E-state index in [9.17, 15) is 9.18 Å². The van der Waals surface area contributed by atoms with Crippen molar-refractivity contribution in [1.82, 2.24) is 5.32 Å². The molecule has 1 N–H and O–H groups in total. The van der Waals surface area contributed by atoms with E-state index < -0.39 is 0 Å². The van der Waals surface area contributed by atoms with Crippen molar-refractivity contribution in [2.45, 2.75) is 32.8 Å². The molecule has 0 radical (unpaired) electrons. The van der Waals surface area contributed by atoms with Crippen LogP contribution in [0.15, 0.2) is 40.8 Å². The van der Waals surface area contributed by atoms with Crippen LogP contribution in [0.25, 0.3) is 22.3 Å². The van der Waals surface area contributed by atoms with Gasteiger partial charge in [-0.05, 0) is 57.0 Å². The normalized spacial score (nSPS) is 14.0. The fourth-order valence-electron chi connectivity index (χ4n) is 3.82. The zero-order valence-corrected chi connectivity index (χ0v) is 16.9. The summed E-state index contributed by atoms with van der Waals surface area (Å²) in [5, 5.41) is 3.37. The minimum atomic E-state index is -0.338. The maximum atomic E-state index is 13.4. The second-order valence-electron chi connectivity index (χ2n) is 7.57. The zero-order chi connectivity index (χ0) is 20.5. The molecule has 1 amide bonds. The topological polar surface area (TPSA) is 54.7 Å². The summed E-state index contributed by atoms with van der Waals surface area (Å²) < 4.78 is 25.6. The van der Waals surface area contributed by atoms with Gasteiger partial charge in [0.25, 0.3) is 5.91 Å². The van der Waals surface area contributed by atoms with Crippen molar-refractivity contribution < 1.29 is 18.3 Å². The number of hydrogen-bond donors (Lipinski definition) is 1. The van der Waals surface area contributed by atoms with Crippen LogP contribution in [0.5, 0.6) is 5.75 Å². The molecule has 1 aliphatic rings. The fraction of sp³-hybridized carbons (Fsp3) is 0.348. The number of fused-ring (bicyclic) bond motifs is 1. The van der Waals surface area contributed by atoms with Crippen LogP contribution in [0.2, 0.25) is 0 Å². The number of halogens is 1. The molecule has 0 unspecified atom stereocenters. The molecule has 1 aliphatic heterocycles. The maximum absolute atomic E-state index is 13.4. The van der Waals surface area contributed by atoms with Crippen molar-refractivity contribution in [2.75, 3.05) is 25.0 Å². The molecule has 2 aromatic carbocycles. The first-order chi connectivity index (χ1) is 14.0. The van der Waals surface area contributed by atoms with Gasteiger partial charge in [0.15, 0.2) is 0 Å². The highest BCUT2D eigenvalue weighted by molar-refractivity contribution is 6.12. The van der Waals surface area contributed by atoms with Gasteiger partial charge in [-0.1, -0.05) is 0 Å². The Hall–Kier alpha value is -3.02. The van der Waals surface area contributed by atoms with Crippen LogP contribution in [0.4, 0.5) is 10.1 Å². The van der Waals surface area contributed by atoms with Crippen molar-refractivity contribution in [3.05, 3.63) is 47.8 Å². The SMILES string of the molecule is CNC(=O)c1c(-c2ccc(F)cc2)oc2cc(N3CCCC3)c(OC(C)C)cc12. The van der Waals surface area contributed by atoms with E-state index >= 15 is 0 Å². The van der Waals surface area contributed by atoms with E-state index in [1.807, 2.05) is 26.0 Å². The minimum Gasteiger partial charge on any atom is -0.489 e. The predicted octanol–water partition coefficient (Wildman–Crippen LogP) is 4.99. The van der Waals surface area contributed by atoms with Crippen molar-refractivity contribution in [1.29, 1.82) is 0 Å². The Morgan fingerprint density at radius 3 is 2.48 bits per heavy atom. The highest BCUT2D eigenvalue weighted by atomic mass is 19.1. The lowest BCUT2D eigenvalue weighted by Gasteiger charge is -2.22. The standard InChI is InChI=1S/C23H25FN2O3/c1-14(2)28-20-12-17-19(13-18(20)26-10-4-5-11-26)29-22(21(17)23(27)25-3)15-6-8-16(24)9-7-15/h6-9,12-14H,4-5,10-11H2,1-3H3,(H,25,27). The summed E-state index contributed by atoms with van der Waals surface area (Å²) in [6.45, 7) is 5.90. The molecule has 0 bridgehead atoms. The lowest BCUT2D eigenvalue weighted by atomic mass is 10.0. The molecule has 0 atom stereocenters. The number of amides is 1. The van der Waals surface area contributed by atoms with Gasteiger partial charge in [0.2, 0.25) is 0 Å². The van der Waals surface area contributed by atoms with Gasteiger partial charge in [-0.25, -0.2) is 4.39 Å². The largest absolute Gasteiger partial charge is 0.489 e. The number of rotatable bonds is 5. The third-order valence-electron chi connectivity index (χ3n) is 5.14. The number of nitrogens with zero attached hydrogens (tertiary/aromatic N) is 1. The molecule has 0 saturated carbocycles. The average molecular weight is 396 g/mol. The summed E-state index contributed by atoms with van der Waals surface area (Å²) in [7, 11) is 1.58. The average Bonchev–Trinajstić information content (AvgIpc) is 3.34. The van der Waals surface area contributed by atoms with E-state index in [0.29, 0.717) is 27.9 Å².